The van der Waals surface area contributed by atoms with Crippen LogP contribution in [0.25, 0.3) is 11.0 Å². The Morgan fingerprint density at radius 1 is 1.40 bits per heavy atom. The van der Waals surface area contributed by atoms with Crippen molar-refractivity contribution >= 4 is 16.9 Å². The van der Waals surface area contributed by atoms with Crippen LogP contribution in [0.15, 0.2) is 6.20 Å². The minimum absolute atomic E-state index is 0.698. The lowest BCUT2D eigenvalue weighted by molar-refractivity contribution is 0.149. The van der Waals surface area contributed by atoms with E-state index in [-0.39, 0.29) is 0 Å². The first-order valence-corrected chi connectivity index (χ1v) is 7.31. The number of hydrogen-bond acceptors (Lipinski definition) is 5. The van der Waals surface area contributed by atoms with Gasteiger partial charge in [0.25, 0.3) is 0 Å². The van der Waals surface area contributed by atoms with E-state index in [4.69, 9.17) is 0 Å². The maximum atomic E-state index is 4.67. The molecule has 1 saturated carbocycles. The number of rotatable bonds is 5. The molecule has 0 radical (unpaired) electrons. The summed E-state index contributed by atoms with van der Waals surface area (Å²) in [5.74, 6) is 1.76. The molecule has 2 heterocycles. The lowest BCUT2D eigenvalue weighted by atomic mass is 9.92. The van der Waals surface area contributed by atoms with Gasteiger partial charge in [0.15, 0.2) is 5.65 Å². The van der Waals surface area contributed by atoms with Gasteiger partial charge in [-0.2, -0.15) is 5.10 Å². The molecule has 0 bridgehead atoms. The summed E-state index contributed by atoms with van der Waals surface area (Å²) < 4.78 is 1.81. The predicted molar refractivity (Wildman–Crippen MR) is 79.6 cm³/mol. The SMILES string of the molecule is CCNc1nc(CN(C)C2CCC2)nc2c1cnn2C. The highest BCUT2D eigenvalue weighted by atomic mass is 15.3. The van der Waals surface area contributed by atoms with Gasteiger partial charge in [-0.25, -0.2) is 9.97 Å². The summed E-state index contributed by atoms with van der Waals surface area (Å²) in [6.45, 7) is 3.72. The molecule has 6 heteroatoms. The minimum atomic E-state index is 0.698. The number of hydrogen-bond donors (Lipinski definition) is 1. The molecule has 0 spiro atoms. The fourth-order valence-corrected chi connectivity index (χ4v) is 2.62. The smallest absolute Gasteiger partial charge is 0.163 e. The Morgan fingerprint density at radius 3 is 2.85 bits per heavy atom. The van der Waals surface area contributed by atoms with Gasteiger partial charge in [0, 0.05) is 19.6 Å². The highest BCUT2D eigenvalue weighted by Crippen LogP contribution is 2.25. The third-order valence-corrected chi connectivity index (χ3v) is 4.07. The molecule has 0 atom stereocenters. The number of aryl methyl sites for hydroxylation is 1. The summed E-state index contributed by atoms with van der Waals surface area (Å²) in [5.41, 5.74) is 0.896. The topological polar surface area (TPSA) is 58.9 Å². The molecule has 0 aliphatic heterocycles. The maximum Gasteiger partial charge on any atom is 0.163 e. The molecule has 1 N–H and O–H groups in total. The van der Waals surface area contributed by atoms with E-state index in [9.17, 15) is 0 Å². The lowest BCUT2D eigenvalue weighted by Gasteiger charge is -2.34. The Bertz CT molecular complexity index is 601. The molecule has 6 nitrogen and oxygen atoms in total. The maximum absolute atomic E-state index is 4.67. The van der Waals surface area contributed by atoms with Crippen molar-refractivity contribution in [1.29, 1.82) is 0 Å². The van der Waals surface area contributed by atoms with Crippen molar-refractivity contribution in [3.63, 3.8) is 0 Å². The van der Waals surface area contributed by atoms with Crippen molar-refractivity contribution in [1.82, 2.24) is 24.6 Å². The van der Waals surface area contributed by atoms with E-state index in [1.165, 1.54) is 19.3 Å². The largest absolute Gasteiger partial charge is 0.370 e. The van der Waals surface area contributed by atoms with Crippen LogP contribution in [0.5, 0.6) is 0 Å². The molecular weight excluding hydrogens is 252 g/mol. The first kappa shape index (κ1) is 13.3. The summed E-state index contributed by atoms with van der Waals surface area (Å²) in [5, 5.41) is 8.58. The third-order valence-electron chi connectivity index (χ3n) is 4.07. The van der Waals surface area contributed by atoms with Gasteiger partial charge in [0.1, 0.15) is 11.6 Å². The van der Waals surface area contributed by atoms with Crippen LogP contribution in [-0.4, -0.2) is 44.3 Å². The average Bonchev–Trinajstić information content (AvgIpc) is 2.70. The van der Waals surface area contributed by atoms with E-state index >= 15 is 0 Å². The molecule has 1 aliphatic rings. The molecule has 0 aromatic carbocycles. The fourth-order valence-electron chi connectivity index (χ4n) is 2.62. The summed E-state index contributed by atoms with van der Waals surface area (Å²) in [7, 11) is 4.08. The van der Waals surface area contributed by atoms with E-state index in [1.807, 2.05) is 17.9 Å². The Kier molecular flexibility index (Phi) is 3.56. The predicted octanol–water partition coefficient (Wildman–Crippen LogP) is 1.78. The second kappa shape index (κ2) is 5.36. The van der Waals surface area contributed by atoms with Crippen LogP contribution in [0.4, 0.5) is 5.82 Å². The van der Waals surface area contributed by atoms with Crippen molar-refractivity contribution in [3.8, 4) is 0 Å². The molecule has 0 unspecified atom stereocenters. The van der Waals surface area contributed by atoms with Crippen LogP contribution in [0, 0.1) is 0 Å². The normalized spacial score (nSPS) is 15.8. The van der Waals surface area contributed by atoms with Crippen molar-refractivity contribution in [2.45, 2.75) is 38.8 Å². The standard InChI is InChI=1S/C14H22N6/c1-4-15-13-11-8-16-20(3)14(11)18-12(17-13)9-19(2)10-6-5-7-10/h8,10H,4-7,9H2,1-3H3,(H,15,17,18). The van der Waals surface area contributed by atoms with Crippen molar-refractivity contribution in [2.75, 3.05) is 18.9 Å². The van der Waals surface area contributed by atoms with E-state index < -0.39 is 0 Å². The van der Waals surface area contributed by atoms with Crippen LogP contribution in [0.3, 0.4) is 0 Å². The van der Waals surface area contributed by atoms with Gasteiger partial charge >= 0.3 is 0 Å². The zero-order valence-corrected chi connectivity index (χ0v) is 12.4. The highest BCUT2D eigenvalue weighted by molar-refractivity contribution is 5.86. The molecule has 1 aliphatic carbocycles. The van der Waals surface area contributed by atoms with Crippen LogP contribution in [0.1, 0.15) is 32.0 Å². The number of aromatic nitrogens is 4. The zero-order chi connectivity index (χ0) is 14.1. The molecule has 20 heavy (non-hydrogen) atoms. The first-order chi connectivity index (χ1) is 9.69. The molecule has 108 valence electrons. The summed E-state index contributed by atoms with van der Waals surface area (Å²) in [6, 6.07) is 0.698. The van der Waals surface area contributed by atoms with Crippen molar-refractivity contribution in [3.05, 3.63) is 12.0 Å². The average molecular weight is 274 g/mol. The van der Waals surface area contributed by atoms with E-state index in [0.717, 1.165) is 35.8 Å². The van der Waals surface area contributed by atoms with Gasteiger partial charge < -0.3 is 5.32 Å². The lowest BCUT2D eigenvalue weighted by Crippen LogP contribution is -2.37. The molecule has 2 aromatic rings. The molecule has 1 fully saturated rings. The fraction of sp³-hybridized carbons (Fsp3) is 0.643. The number of fused-ring (bicyclic) bond motifs is 1. The third kappa shape index (κ3) is 2.35. The number of nitrogens with zero attached hydrogens (tertiary/aromatic N) is 5. The van der Waals surface area contributed by atoms with Gasteiger partial charge in [-0.3, -0.25) is 9.58 Å². The van der Waals surface area contributed by atoms with Crippen LogP contribution < -0.4 is 5.32 Å². The van der Waals surface area contributed by atoms with Crippen molar-refractivity contribution < 1.29 is 0 Å². The van der Waals surface area contributed by atoms with Gasteiger partial charge in [0.05, 0.1) is 18.1 Å². The van der Waals surface area contributed by atoms with E-state index in [0.29, 0.717) is 6.04 Å². The van der Waals surface area contributed by atoms with Gasteiger partial charge in [-0.05, 0) is 26.8 Å². The Balaban J connectivity index is 1.91. The molecular formula is C14H22N6. The molecule has 0 amide bonds. The second-order valence-corrected chi connectivity index (χ2v) is 5.52. The Hall–Kier alpha value is -1.69. The first-order valence-electron chi connectivity index (χ1n) is 7.31. The molecule has 3 rings (SSSR count). The molecule has 2 aromatic heterocycles. The van der Waals surface area contributed by atoms with Gasteiger partial charge in [-0.15, -0.1) is 0 Å². The Morgan fingerprint density at radius 2 is 2.20 bits per heavy atom. The van der Waals surface area contributed by atoms with Gasteiger partial charge in [0.2, 0.25) is 0 Å². The van der Waals surface area contributed by atoms with Crippen LogP contribution in [0.2, 0.25) is 0 Å². The van der Waals surface area contributed by atoms with Crippen molar-refractivity contribution in [2.24, 2.45) is 7.05 Å². The second-order valence-electron chi connectivity index (χ2n) is 5.52. The van der Waals surface area contributed by atoms with E-state index in [2.05, 4.69) is 39.3 Å². The van der Waals surface area contributed by atoms with Crippen LogP contribution in [-0.2, 0) is 13.6 Å². The van der Waals surface area contributed by atoms with Gasteiger partial charge in [-0.1, -0.05) is 6.42 Å². The summed E-state index contributed by atoms with van der Waals surface area (Å²) in [6.07, 6.45) is 5.76. The molecule has 0 saturated heterocycles. The highest BCUT2D eigenvalue weighted by Gasteiger charge is 2.23. The minimum Gasteiger partial charge on any atom is -0.370 e. The number of anilines is 1. The summed E-state index contributed by atoms with van der Waals surface area (Å²) in [4.78, 5) is 11.7. The quantitative estimate of drug-likeness (QED) is 0.900. The van der Waals surface area contributed by atoms with Crippen LogP contribution >= 0.6 is 0 Å². The monoisotopic (exact) mass is 274 g/mol. The zero-order valence-electron chi connectivity index (χ0n) is 12.4. The summed E-state index contributed by atoms with van der Waals surface area (Å²) >= 11 is 0. The van der Waals surface area contributed by atoms with E-state index in [1.54, 1.807) is 0 Å². The Labute approximate surface area is 119 Å². The number of nitrogens with one attached hydrogen (secondary N) is 1.